The van der Waals surface area contributed by atoms with Gasteiger partial charge in [-0.3, -0.25) is 9.59 Å². The molecule has 2 amide bonds. The SMILES string of the molecule is CC1=C(C(=O)Nc2ccc(C(=O)NC(C)C)cc2)SCCO1. The molecule has 0 spiro atoms. The molecule has 0 aromatic heterocycles. The van der Waals surface area contributed by atoms with E-state index >= 15 is 0 Å². The molecule has 6 heteroatoms. The van der Waals surface area contributed by atoms with Gasteiger partial charge in [0.1, 0.15) is 10.7 Å². The Kier molecular flexibility index (Phi) is 5.49. The summed E-state index contributed by atoms with van der Waals surface area (Å²) < 4.78 is 5.38. The summed E-state index contributed by atoms with van der Waals surface area (Å²) in [6.45, 7) is 6.24. The highest BCUT2D eigenvalue weighted by atomic mass is 32.2. The van der Waals surface area contributed by atoms with Crippen LogP contribution in [0.3, 0.4) is 0 Å². The molecule has 22 heavy (non-hydrogen) atoms. The third-order valence-corrected chi connectivity index (χ3v) is 4.13. The Balaban J connectivity index is 2.02. The molecule has 0 saturated heterocycles. The standard InChI is InChI=1S/C16H20N2O3S/c1-10(2)17-15(19)12-4-6-13(7-5-12)18-16(20)14-11(3)21-8-9-22-14/h4-7,10H,8-9H2,1-3H3,(H,17,19)(H,18,20). The highest BCUT2D eigenvalue weighted by molar-refractivity contribution is 8.04. The molecule has 1 aromatic rings. The molecule has 1 aliphatic rings. The monoisotopic (exact) mass is 320 g/mol. The minimum absolute atomic E-state index is 0.0881. The van der Waals surface area contributed by atoms with Gasteiger partial charge in [0.15, 0.2) is 0 Å². The second-order valence-corrected chi connectivity index (χ2v) is 6.35. The molecule has 1 heterocycles. The lowest BCUT2D eigenvalue weighted by Gasteiger charge is -2.17. The lowest BCUT2D eigenvalue weighted by Crippen LogP contribution is -2.30. The van der Waals surface area contributed by atoms with Gasteiger partial charge in [-0.05, 0) is 45.0 Å². The van der Waals surface area contributed by atoms with Crippen molar-refractivity contribution in [3.05, 3.63) is 40.5 Å². The number of hydrogen-bond acceptors (Lipinski definition) is 4. The zero-order valence-electron chi connectivity index (χ0n) is 12.9. The minimum Gasteiger partial charge on any atom is -0.496 e. The molecule has 0 aliphatic carbocycles. The zero-order chi connectivity index (χ0) is 16.1. The molecule has 0 atom stereocenters. The van der Waals surface area contributed by atoms with Crippen molar-refractivity contribution in [3.8, 4) is 0 Å². The third-order valence-electron chi connectivity index (χ3n) is 3.00. The summed E-state index contributed by atoms with van der Waals surface area (Å²) in [5.41, 5.74) is 1.22. The van der Waals surface area contributed by atoms with E-state index in [0.29, 0.717) is 28.5 Å². The van der Waals surface area contributed by atoms with Crippen LogP contribution in [0.5, 0.6) is 0 Å². The minimum atomic E-state index is -0.179. The van der Waals surface area contributed by atoms with Crippen LogP contribution in [0, 0.1) is 0 Å². The van der Waals surface area contributed by atoms with Crippen LogP contribution in [-0.4, -0.2) is 30.2 Å². The van der Waals surface area contributed by atoms with Crippen molar-refractivity contribution < 1.29 is 14.3 Å². The number of carbonyl (C=O) groups excluding carboxylic acids is 2. The second-order valence-electron chi connectivity index (χ2n) is 5.24. The number of amides is 2. The number of benzene rings is 1. The number of rotatable bonds is 4. The summed E-state index contributed by atoms with van der Waals surface area (Å²) in [5.74, 6) is 1.12. The van der Waals surface area contributed by atoms with E-state index in [0.717, 1.165) is 5.75 Å². The molecule has 0 radical (unpaired) electrons. The lowest BCUT2D eigenvalue weighted by atomic mass is 10.2. The van der Waals surface area contributed by atoms with Crippen LogP contribution in [0.2, 0.25) is 0 Å². The maximum atomic E-state index is 12.2. The molecule has 5 nitrogen and oxygen atoms in total. The van der Waals surface area contributed by atoms with Gasteiger partial charge in [-0.15, -0.1) is 11.8 Å². The van der Waals surface area contributed by atoms with Crippen LogP contribution in [0.4, 0.5) is 5.69 Å². The van der Waals surface area contributed by atoms with Crippen LogP contribution >= 0.6 is 11.8 Å². The lowest BCUT2D eigenvalue weighted by molar-refractivity contribution is -0.112. The van der Waals surface area contributed by atoms with Crippen LogP contribution < -0.4 is 10.6 Å². The van der Waals surface area contributed by atoms with Crippen LogP contribution in [-0.2, 0) is 9.53 Å². The third kappa shape index (κ3) is 4.27. The first-order chi connectivity index (χ1) is 10.5. The second kappa shape index (κ2) is 7.35. The van der Waals surface area contributed by atoms with Crippen LogP contribution in [0.1, 0.15) is 31.1 Å². The fraction of sp³-hybridized carbons (Fsp3) is 0.375. The van der Waals surface area contributed by atoms with E-state index in [1.807, 2.05) is 13.8 Å². The average molecular weight is 320 g/mol. The molecule has 118 valence electrons. The fourth-order valence-corrected chi connectivity index (χ4v) is 2.78. The van der Waals surface area contributed by atoms with Gasteiger partial charge in [0, 0.05) is 23.0 Å². The number of nitrogens with one attached hydrogen (secondary N) is 2. The van der Waals surface area contributed by atoms with Gasteiger partial charge in [-0.2, -0.15) is 0 Å². The van der Waals surface area contributed by atoms with Crippen molar-refractivity contribution in [2.45, 2.75) is 26.8 Å². The van der Waals surface area contributed by atoms with Gasteiger partial charge in [0.25, 0.3) is 11.8 Å². The van der Waals surface area contributed by atoms with Crippen LogP contribution in [0.15, 0.2) is 34.9 Å². The Bertz CT molecular complexity index is 594. The molecule has 1 aliphatic heterocycles. The first-order valence-corrected chi connectivity index (χ1v) is 8.14. The van der Waals surface area contributed by atoms with E-state index in [1.54, 1.807) is 31.2 Å². The van der Waals surface area contributed by atoms with E-state index in [9.17, 15) is 9.59 Å². The molecule has 0 bridgehead atoms. The molecule has 2 N–H and O–H groups in total. The van der Waals surface area contributed by atoms with Gasteiger partial charge in [-0.25, -0.2) is 0 Å². The summed E-state index contributed by atoms with van der Waals surface area (Å²) in [6.07, 6.45) is 0. The molecule has 0 unspecified atom stereocenters. The average Bonchev–Trinajstić information content (AvgIpc) is 2.47. The first-order valence-electron chi connectivity index (χ1n) is 7.16. The summed E-state index contributed by atoms with van der Waals surface area (Å²) in [6, 6.07) is 6.91. The summed E-state index contributed by atoms with van der Waals surface area (Å²) in [4.78, 5) is 24.7. The van der Waals surface area contributed by atoms with E-state index < -0.39 is 0 Å². The molecular formula is C16H20N2O3S. The van der Waals surface area contributed by atoms with Gasteiger partial charge in [0.2, 0.25) is 0 Å². The van der Waals surface area contributed by atoms with Gasteiger partial charge < -0.3 is 15.4 Å². The zero-order valence-corrected chi connectivity index (χ0v) is 13.8. The Morgan fingerprint density at radius 3 is 2.45 bits per heavy atom. The summed E-state index contributed by atoms with van der Waals surface area (Å²) in [7, 11) is 0. The number of hydrogen-bond donors (Lipinski definition) is 2. The predicted molar refractivity (Wildman–Crippen MR) is 88.8 cm³/mol. The maximum absolute atomic E-state index is 12.2. The normalized spacial score (nSPS) is 14.5. The number of carbonyl (C=O) groups is 2. The van der Waals surface area contributed by atoms with Crippen molar-refractivity contribution in [1.29, 1.82) is 0 Å². The topological polar surface area (TPSA) is 67.4 Å². The Hall–Kier alpha value is -1.95. The highest BCUT2D eigenvalue weighted by Gasteiger charge is 2.18. The van der Waals surface area contributed by atoms with Gasteiger partial charge in [-0.1, -0.05) is 0 Å². The predicted octanol–water partition coefficient (Wildman–Crippen LogP) is 2.76. The van der Waals surface area contributed by atoms with Crippen molar-refractivity contribution in [2.24, 2.45) is 0 Å². The molecule has 0 saturated carbocycles. The van der Waals surface area contributed by atoms with Crippen molar-refractivity contribution >= 4 is 29.3 Å². The quantitative estimate of drug-likeness (QED) is 0.895. The van der Waals surface area contributed by atoms with E-state index in [2.05, 4.69) is 10.6 Å². The smallest absolute Gasteiger partial charge is 0.265 e. The molecule has 1 aromatic carbocycles. The highest BCUT2D eigenvalue weighted by Crippen LogP contribution is 2.26. The number of anilines is 1. The van der Waals surface area contributed by atoms with Gasteiger partial charge >= 0.3 is 0 Å². The molecule has 0 fully saturated rings. The number of thioether (sulfide) groups is 1. The molecular weight excluding hydrogens is 300 g/mol. The van der Waals surface area contributed by atoms with E-state index in [1.165, 1.54) is 11.8 Å². The number of ether oxygens (including phenoxy) is 1. The largest absolute Gasteiger partial charge is 0.496 e. The first kappa shape index (κ1) is 16.4. The van der Waals surface area contributed by atoms with E-state index in [-0.39, 0.29) is 17.9 Å². The van der Waals surface area contributed by atoms with Gasteiger partial charge in [0.05, 0.1) is 6.61 Å². The fourth-order valence-electron chi connectivity index (χ4n) is 1.97. The Morgan fingerprint density at radius 1 is 1.18 bits per heavy atom. The van der Waals surface area contributed by atoms with E-state index in [4.69, 9.17) is 4.74 Å². The summed E-state index contributed by atoms with van der Waals surface area (Å²) in [5, 5.41) is 5.64. The van der Waals surface area contributed by atoms with Crippen molar-refractivity contribution in [1.82, 2.24) is 5.32 Å². The number of allylic oxidation sites excluding steroid dienone is 1. The maximum Gasteiger partial charge on any atom is 0.265 e. The van der Waals surface area contributed by atoms with Crippen molar-refractivity contribution in [2.75, 3.05) is 17.7 Å². The van der Waals surface area contributed by atoms with Crippen LogP contribution in [0.25, 0.3) is 0 Å². The summed E-state index contributed by atoms with van der Waals surface area (Å²) >= 11 is 1.49. The van der Waals surface area contributed by atoms with Crippen molar-refractivity contribution in [3.63, 3.8) is 0 Å². The Morgan fingerprint density at radius 2 is 1.86 bits per heavy atom. The molecule has 2 rings (SSSR count). The Labute approximate surface area is 134 Å².